The van der Waals surface area contributed by atoms with Crippen LogP contribution in [0.15, 0.2) is 48.9 Å². The summed E-state index contributed by atoms with van der Waals surface area (Å²) < 4.78 is 3.65. The van der Waals surface area contributed by atoms with Crippen LogP contribution in [0.4, 0.5) is 5.82 Å². The molecule has 4 rings (SSSR count). The van der Waals surface area contributed by atoms with Crippen molar-refractivity contribution in [3.8, 4) is 28.5 Å². The van der Waals surface area contributed by atoms with Crippen molar-refractivity contribution in [3.63, 3.8) is 0 Å². The number of aromatic nitrogens is 4. The number of nitriles is 1. The maximum Gasteiger partial charge on any atom is 0.219 e. The van der Waals surface area contributed by atoms with E-state index in [9.17, 15) is 10.1 Å². The number of fused-ring (bicyclic) bond motifs is 1. The summed E-state index contributed by atoms with van der Waals surface area (Å²) in [6, 6.07) is 11.8. The van der Waals surface area contributed by atoms with Gasteiger partial charge in [0.05, 0.1) is 11.9 Å². The maximum atomic E-state index is 11.3. The largest absolute Gasteiger partial charge is 0.383 e. The Morgan fingerprint density at radius 1 is 1.24 bits per heavy atom. The van der Waals surface area contributed by atoms with Gasteiger partial charge in [-0.1, -0.05) is 18.2 Å². The van der Waals surface area contributed by atoms with Gasteiger partial charge in [-0.2, -0.15) is 10.4 Å². The van der Waals surface area contributed by atoms with Crippen LogP contribution in [-0.4, -0.2) is 25.2 Å². The summed E-state index contributed by atoms with van der Waals surface area (Å²) in [5.74, 6) is -0.202. The number of primary amides is 1. The molecular weight excluding hydrogens is 366 g/mol. The molecule has 3 heterocycles. The van der Waals surface area contributed by atoms with Gasteiger partial charge in [-0.15, -0.1) is 0 Å². The summed E-state index contributed by atoms with van der Waals surface area (Å²) in [6.45, 7) is 0.452. The summed E-state index contributed by atoms with van der Waals surface area (Å²) in [5.41, 5.74) is 15.7. The predicted molar refractivity (Wildman–Crippen MR) is 110 cm³/mol. The van der Waals surface area contributed by atoms with Crippen LogP contribution in [0.2, 0.25) is 0 Å². The van der Waals surface area contributed by atoms with Crippen LogP contribution in [0.5, 0.6) is 0 Å². The van der Waals surface area contributed by atoms with Crippen molar-refractivity contribution in [2.45, 2.75) is 13.0 Å². The van der Waals surface area contributed by atoms with Crippen molar-refractivity contribution in [2.24, 2.45) is 12.8 Å². The van der Waals surface area contributed by atoms with E-state index in [4.69, 9.17) is 11.5 Å². The standard InChI is InChI=1S/C21H19N7O/c1-27-11-13(10-25-27)18-8-15(16(9-22)21(24)26-18)17-12-28(7-6-20(23)29)19-5-3-2-4-14(17)19/h2-5,8,10-12H,6-7H2,1H3,(H2,23,29)(H2,24,26). The lowest BCUT2D eigenvalue weighted by atomic mass is 9.98. The molecule has 4 N–H and O–H groups in total. The van der Waals surface area contributed by atoms with Crippen molar-refractivity contribution >= 4 is 22.6 Å². The van der Waals surface area contributed by atoms with Crippen LogP contribution >= 0.6 is 0 Å². The number of carbonyl (C=O) groups is 1. The smallest absolute Gasteiger partial charge is 0.219 e. The van der Waals surface area contributed by atoms with E-state index in [1.807, 2.05) is 54.3 Å². The minimum Gasteiger partial charge on any atom is -0.383 e. The van der Waals surface area contributed by atoms with Gasteiger partial charge in [-0.3, -0.25) is 9.48 Å². The van der Waals surface area contributed by atoms with Crippen molar-refractivity contribution in [3.05, 3.63) is 54.5 Å². The number of nitrogens with zero attached hydrogens (tertiary/aromatic N) is 5. The van der Waals surface area contributed by atoms with Crippen LogP contribution < -0.4 is 11.5 Å². The number of nitrogens with two attached hydrogens (primary N) is 2. The minimum atomic E-state index is -0.367. The molecule has 1 amide bonds. The molecule has 3 aromatic heterocycles. The number of carbonyl (C=O) groups excluding carboxylic acids is 1. The molecule has 0 fully saturated rings. The van der Waals surface area contributed by atoms with E-state index >= 15 is 0 Å². The normalized spacial score (nSPS) is 10.9. The summed E-state index contributed by atoms with van der Waals surface area (Å²) >= 11 is 0. The second-order valence-electron chi connectivity index (χ2n) is 6.80. The molecule has 0 aliphatic rings. The summed E-state index contributed by atoms with van der Waals surface area (Å²) in [5, 5.41) is 14.9. The van der Waals surface area contributed by atoms with E-state index in [0.717, 1.165) is 22.0 Å². The Bertz CT molecular complexity index is 1280. The van der Waals surface area contributed by atoms with E-state index in [1.54, 1.807) is 10.9 Å². The van der Waals surface area contributed by atoms with Gasteiger partial charge in [0.2, 0.25) is 5.91 Å². The monoisotopic (exact) mass is 385 g/mol. The van der Waals surface area contributed by atoms with Crippen LogP contribution in [0, 0.1) is 11.3 Å². The summed E-state index contributed by atoms with van der Waals surface area (Å²) in [7, 11) is 1.82. The fraction of sp³-hybridized carbons (Fsp3) is 0.143. The third-order valence-electron chi connectivity index (χ3n) is 4.84. The molecule has 0 saturated carbocycles. The maximum absolute atomic E-state index is 11.3. The molecule has 29 heavy (non-hydrogen) atoms. The van der Waals surface area contributed by atoms with Crippen LogP contribution in [0.1, 0.15) is 12.0 Å². The van der Waals surface area contributed by atoms with E-state index in [2.05, 4.69) is 16.2 Å². The van der Waals surface area contributed by atoms with Crippen molar-refractivity contribution in [2.75, 3.05) is 5.73 Å². The van der Waals surface area contributed by atoms with Crippen molar-refractivity contribution in [1.29, 1.82) is 5.26 Å². The van der Waals surface area contributed by atoms with Crippen molar-refractivity contribution < 1.29 is 4.79 Å². The number of para-hydroxylation sites is 1. The highest BCUT2D eigenvalue weighted by Crippen LogP contribution is 2.36. The van der Waals surface area contributed by atoms with Crippen molar-refractivity contribution in [1.82, 2.24) is 19.3 Å². The van der Waals surface area contributed by atoms with E-state index in [-0.39, 0.29) is 18.1 Å². The van der Waals surface area contributed by atoms with Gasteiger partial charge in [0, 0.05) is 60.0 Å². The number of hydrogen-bond acceptors (Lipinski definition) is 5. The number of rotatable bonds is 5. The molecule has 8 heteroatoms. The fourth-order valence-electron chi connectivity index (χ4n) is 3.47. The Morgan fingerprint density at radius 2 is 2.03 bits per heavy atom. The summed E-state index contributed by atoms with van der Waals surface area (Å²) in [6.07, 6.45) is 5.69. The Morgan fingerprint density at radius 3 is 2.72 bits per heavy atom. The third kappa shape index (κ3) is 3.30. The lowest BCUT2D eigenvalue weighted by Crippen LogP contribution is -2.13. The van der Waals surface area contributed by atoms with Crippen LogP contribution in [0.3, 0.4) is 0 Å². The Hall–Kier alpha value is -4.12. The molecule has 144 valence electrons. The number of nitrogen functional groups attached to an aromatic ring is 1. The zero-order valence-electron chi connectivity index (χ0n) is 15.8. The van der Waals surface area contributed by atoms with E-state index < -0.39 is 0 Å². The molecule has 0 unspecified atom stereocenters. The number of benzene rings is 1. The molecule has 1 aromatic carbocycles. The third-order valence-corrected chi connectivity index (χ3v) is 4.84. The number of pyridine rings is 1. The zero-order valence-corrected chi connectivity index (χ0v) is 15.8. The Labute approximate surface area is 167 Å². The number of anilines is 1. The number of amides is 1. The molecule has 0 aliphatic heterocycles. The first kappa shape index (κ1) is 18.3. The number of aryl methyl sites for hydroxylation is 2. The van der Waals surface area contributed by atoms with E-state index in [1.165, 1.54) is 0 Å². The SMILES string of the molecule is Cn1cc(-c2cc(-c3cn(CCC(N)=O)c4ccccc34)c(C#N)c(N)n2)cn1. The highest BCUT2D eigenvalue weighted by Gasteiger charge is 2.18. The summed E-state index contributed by atoms with van der Waals surface area (Å²) in [4.78, 5) is 15.7. The molecule has 0 aliphatic carbocycles. The van der Waals surface area contributed by atoms with Gasteiger partial charge >= 0.3 is 0 Å². The lowest BCUT2D eigenvalue weighted by Gasteiger charge is -2.08. The van der Waals surface area contributed by atoms with Gasteiger partial charge in [-0.25, -0.2) is 4.98 Å². The lowest BCUT2D eigenvalue weighted by molar-refractivity contribution is -0.118. The highest BCUT2D eigenvalue weighted by molar-refractivity contribution is 5.99. The molecule has 0 bridgehead atoms. The quantitative estimate of drug-likeness (QED) is 0.545. The molecule has 8 nitrogen and oxygen atoms in total. The van der Waals surface area contributed by atoms with Gasteiger partial charge in [-0.05, 0) is 12.1 Å². The molecule has 4 aromatic rings. The molecule has 0 saturated heterocycles. The second-order valence-corrected chi connectivity index (χ2v) is 6.80. The van der Waals surface area contributed by atoms with Gasteiger partial charge in [0.15, 0.2) is 0 Å². The molecule has 0 atom stereocenters. The second kappa shape index (κ2) is 7.13. The number of hydrogen-bond donors (Lipinski definition) is 2. The van der Waals surface area contributed by atoms with Gasteiger partial charge in [0.1, 0.15) is 17.5 Å². The van der Waals surface area contributed by atoms with Gasteiger partial charge in [0.25, 0.3) is 0 Å². The minimum absolute atomic E-state index is 0.165. The van der Waals surface area contributed by atoms with Gasteiger partial charge < -0.3 is 16.0 Å². The average Bonchev–Trinajstić information content (AvgIpc) is 3.29. The zero-order chi connectivity index (χ0) is 20.5. The predicted octanol–water partition coefficient (Wildman–Crippen LogP) is 2.43. The average molecular weight is 385 g/mol. The Kier molecular flexibility index (Phi) is 4.49. The molecule has 0 spiro atoms. The fourth-order valence-corrected chi connectivity index (χ4v) is 3.47. The first-order chi connectivity index (χ1) is 14.0. The molecular formula is C21H19N7O. The van der Waals surface area contributed by atoms with E-state index in [0.29, 0.717) is 23.4 Å². The highest BCUT2D eigenvalue weighted by atomic mass is 16.1. The topological polar surface area (TPSA) is 129 Å². The van der Waals surface area contributed by atoms with Crippen LogP contribution in [0.25, 0.3) is 33.3 Å². The first-order valence-electron chi connectivity index (χ1n) is 9.04. The first-order valence-corrected chi connectivity index (χ1v) is 9.04. The molecule has 0 radical (unpaired) electrons. The van der Waals surface area contributed by atoms with Crippen LogP contribution in [-0.2, 0) is 18.4 Å². The Balaban J connectivity index is 1.94.